The molecular weight excluding hydrogens is 423 g/mol. The van der Waals surface area contributed by atoms with Crippen molar-refractivity contribution in [3.8, 4) is 0 Å². The standard InChI is InChI=1S/C23H24F3N3OS/c1-28-16-7-8-17(28)12-15(11-16)27-13-22(30)29-18-4-2-3-5-20(18)31-21-9-6-14(10-19(21)29)23(24,25)26/h2-6,9-10,15-17,27H,7-8,11-13H2,1H3/t16-,17-/m1/s1. The Hall–Kier alpha value is -2.03. The van der Waals surface area contributed by atoms with Gasteiger partial charge in [0, 0.05) is 27.9 Å². The highest BCUT2D eigenvalue weighted by atomic mass is 32.2. The Morgan fingerprint density at radius 1 is 1.06 bits per heavy atom. The second-order valence-corrected chi connectivity index (χ2v) is 9.66. The van der Waals surface area contributed by atoms with Gasteiger partial charge in [-0.15, -0.1) is 0 Å². The predicted molar refractivity (Wildman–Crippen MR) is 115 cm³/mol. The van der Waals surface area contributed by atoms with Gasteiger partial charge in [0.2, 0.25) is 5.91 Å². The number of carbonyl (C=O) groups is 1. The average Bonchev–Trinajstić information content (AvgIpc) is 2.95. The molecule has 2 fully saturated rings. The number of piperidine rings is 1. The molecule has 2 bridgehead atoms. The molecule has 1 amide bonds. The molecule has 2 aromatic carbocycles. The molecule has 0 aliphatic carbocycles. The van der Waals surface area contributed by atoms with Gasteiger partial charge in [-0.25, -0.2) is 0 Å². The molecule has 0 spiro atoms. The van der Waals surface area contributed by atoms with Gasteiger partial charge in [0.15, 0.2) is 0 Å². The molecule has 164 valence electrons. The zero-order chi connectivity index (χ0) is 21.8. The normalized spacial score (nSPS) is 25.3. The van der Waals surface area contributed by atoms with E-state index < -0.39 is 11.7 Å². The van der Waals surface area contributed by atoms with Crippen molar-refractivity contribution in [2.24, 2.45) is 0 Å². The summed E-state index contributed by atoms with van der Waals surface area (Å²) in [4.78, 5) is 18.7. The molecular formula is C23H24F3N3OS. The minimum atomic E-state index is -4.46. The van der Waals surface area contributed by atoms with Gasteiger partial charge < -0.3 is 10.2 Å². The van der Waals surface area contributed by atoms with Crippen LogP contribution in [0.25, 0.3) is 0 Å². The Morgan fingerprint density at radius 2 is 1.74 bits per heavy atom. The van der Waals surface area contributed by atoms with Crippen molar-refractivity contribution >= 4 is 29.0 Å². The highest BCUT2D eigenvalue weighted by Crippen LogP contribution is 2.49. The topological polar surface area (TPSA) is 35.6 Å². The Labute approximate surface area is 183 Å². The number of fused-ring (bicyclic) bond motifs is 4. The fourth-order valence-electron chi connectivity index (χ4n) is 5.09. The third-order valence-corrected chi connectivity index (χ3v) is 7.87. The van der Waals surface area contributed by atoms with Crippen LogP contribution in [0, 0.1) is 0 Å². The molecule has 0 aromatic heterocycles. The number of amides is 1. The van der Waals surface area contributed by atoms with E-state index in [1.165, 1.54) is 35.6 Å². The Kier molecular flexibility index (Phi) is 5.27. The lowest BCUT2D eigenvalue weighted by molar-refractivity contribution is -0.137. The van der Waals surface area contributed by atoms with Gasteiger partial charge in [0.25, 0.3) is 0 Å². The van der Waals surface area contributed by atoms with Gasteiger partial charge in [0.05, 0.1) is 23.5 Å². The van der Waals surface area contributed by atoms with Crippen LogP contribution in [0.1, 0.15) is 31.2 Å². The predicted octanol–water partition coefficient (Wildman–Crippen LogP) is 5.05. The lowest BCUT2D eigenvalue weighted by atomic mass is 9.98. The molecule has 3 aliphatic rings. The number of hydrogen-bond acceptors (Lipinski definition) is 4. The Balaban J connectivity index is 1.40. The summed E-state index contributed by atoms with van der Waals surface area (Å²) in [5, 5.41) is 3.40. The lowest BCUT2D eigenvalue weighted by Gasteiger charge is -2.37. The third kappa shape index (κ3) is 3.85. The lowest BCUT2D eigenvalue weighted by Crippen LogP contribution is -2.49. The highest BCUT2D eigenvalue weighted by Gasteiger charge is 2.39. The summed E-state index contributed by atoms with van der Waals surface area (Å²) in [6.45, 7) is 0.0997. The van der Waals surface area contributed by atoms with Crippen molar-refractivity contribution in [3.05, 3.63) is 48.0 Å². The van der Waals surface area contributed by atoms with E-state index in [1.807, 2.05) is 12.1 Å². The molecule has 3 aliphatic heterocycles. The van der Waals surface area contributed by atoms with Gasteiger partial charge in [-0.2, -0.15) is 13.2 Å². The second-order valence-electron chi connectivity index (χ2n) is 8.58. The summed E-state index contributed by atoms with van der Waals surface area (Å²) in [5.41, 5.74) is 0.187. The van der Waals surface area contributed by atoms with E-state index in [-0.39, 0.29) is 18.5 Å². The first kappa shape index (κ1) is 20.8. The molecule has 2 atom stereocenters. The third-order valence-electron chi connectivity index (χ3n) is 6.74. The molecule has 8 heteroatoms. The fraction of sp³-hybridized carbons (Fsp3) is 0.435. The van der Waals surface area contributed by atoms with Crippen molar-refractivity contribution < 1.29 is 18.0 Å². The minimum absolute atomic E-state index is 0.0997. The Morgan fingerprint density at radius 3 is 2.45 bits per heavy atom. The average molecular weight is 448 g/mol. The molecule has 0 unspecified atom stereocenters. The van der Waals surface area contributed by atoms with Crippen molar-refractivity contribution in [3.63, 3.8) is 0 Å². The van der Waals surface area contributed by atoms with Crippen LogP contribution >= 0.6 is 11.8 Å². The number of alkyl halides is 3. The molecule has 4 nitrogen and oxygen atoms in total. The molecule has 0 radical (unpaired) electrons. The molecule has 5 rings (SSSR count). The van der Waals surface area contributed by atoms with Gasteiger partial charge in [-0.1, -0.05) is 23.9 Å². The van der Waals surface area contributed by atoms with E-state index in [4.69, 9.17) is 0 Å². The van der Waals surface area contributed by atoms with Crippen molar-refractivity contribution in [1.82, 2.24) is 10.2 Å². The van der Waals surface area contributed by atoms with Crippen LogP contribution in [-0.2, 0) is 11.0 Å². The summed E-state index contributed by atoms with van der Waals surface area (Å²) in [5.74, 6) is -0.236. The van der Waals surface area contributed by atoms with Crippen LogP contribution in [-0.4, -0.2) is 42.5 Å². The number of nitrogens with one attached hydrogen (secondary N) is 1. The van der Waals surface area contributed by atoms with Crippen LogP contribution in [0.2, 0.25) is 0 Å². The SMILES string of the molecule is CN1[C@@H]2CC[C@@H]1CC(NCC(=O)N1c3ccccc3Sc3ccc(C(F)(F)F)cc31)C2. The summed E-state index contributed by atoms with van der Waals surface area (Å²) >= 11 is 1.39. The zero-order valence-corrected chi connectivity index (χ0v) is 18.0. The largest absolute Gasteiger partial charge is 0.416 e. The van der Waals surface area contributed by atoms with E-state index >= 15 is 0 Å². The summed E-state index contributed by atoms with van der Waals surface area (Å²) in [7, 11) is 2.17. The van der Waals surface area contributed by atoms with E-state index in [2.05, 4.69) is 17.3 Å². The number of hydrogen-bond donors (Lipinski definition) is 1. The molecule has 0 saturated carbocycles. The van der Waals surface area contributed by atoms with Crippen molar-refractivity contribution in [2.75, 3.05) is 18.5 Å². The monoisotopic (exact) mass is 447 g/mol. The quantitative estimate of drug-likeness (QED) is 0.714. The summed E-state index contributed by atoms with van der Waals surface area (Å²) in [6.07, 6.45) is -0.0741. The maximum Gasteiger partial charge on any atom is 0.416 e. The first-order valence-corrected chi connectivity index (χ1v) is 11.4. The van der Waals surface area contributed by atoms with E-state index in [9.17, 15) is 18.0 Å². The van der Waals surface area contributed by atoms with Gasteiger partial charge in [-0.3, -0.25) is 9.69 Å². The maximum atomic E-state index is 13.4. The highest BCUT2D eigenvalue weighted by molar-refractivity contribution is 7.99. The van der Waals surface area contributed by atoms with Crippen LogP contribution in [0.5, 0.6) is 0 Å². The van der Waals surface area contributed by atoms with Crippen molar-refractivity contribution in [1.29, 1.82) is 0 Å². The Bertz CT molecular complexity index is 998. The minimum Gasteiger partial charge on any atom is -0.305 e. The second kappa shape index (κ2) is 7.83. The molecule has 3 heterocycles. The first-order chi connectivity index (χ1) is 14.8. The molecule has 1 N–H and O–H groups in total. The number of carbonyl (C=O) groups excluding carboxylic acids is 1. The van der Waals surface area contributed by atoms with E-state index in [0.29, 0.717) is 28.4 Å². The van der Waals surface area contributed by atoms with Gasteiger partial charge in [0.1, 0.15) is 0 Å². The molecule has 2 aromatic rings. The van der Waals surface area contributed by atoms with Crippen LogP contribution in [0.15, 0.2) is 52.3 Å². The van der Waals surface area contributed by atoms with Crippen LogP contribution < -0.4 is 10.2 Å². The zero-order valence-electron chi connectivity index (χ0n) is 17.2. The van der Waals surface area contributed by atoms with E-state index in [0.717, 1.165) is 29.9 Å². The maximum absolute atomic E-state index is 13.4. The van der Waals surface area contributed by atoms with Gasteiger partial charge in [-0.05, 0) is 63.1 Å². The molecule has 2 saturated heterocycles. The summed E-state index contributed by atoms with van der Waals surface area (Å²) < 4.78 is 40.1. The number of benzene rings is 2. The number of halogens is 3. The summed E-state index contributed by atoms with van der Waals surface area (Å²) in [6, 6.07) is 12.3. The molecule has 31 heavy (non-hydrogen) atoms. The smallest absolute Gasteiger partial charge is 0.305 e. The number of rotatable bonds is 3. The van der Waals surface area contributed by atoms with E-state index in [1.54, 1.807) is 12.1 Å². The fourth-order valence-corrected chi connectivity index (χ4v) is 6.13. The van der Waals surface area contributed by atoms with Crippen LogP contribution in [0.3, 0.4) is 0 Å². The number of para-hydroxylation sites is 1. The van der Waals surface area contributed by atoms with Crippen molar-refractivity contribution in [2.45, 2.75) is 59.8 Å². The van der Waals surface area contributed by atoms with Crippen LogP contribution in [0.4, 0.5) is 24.5 Å². The van der Waals surface area contributed by atoms with Gasteiger partial charge >= 0.3 is 6.18 Å². The number of nitrogens with zero attached hydrogens (tertiary/aromatic N) is 2. The number of anilines is 2. The first-order valence-electron chi connectivity index (χ1n) is 10.6.